The molecule has 9 heteroatoms. The van der Waals surface area contributed by atoms with Gasteiger partial charge in [0, 0.05) is 49.0 Å². The number of amides is 2. The van der Waals surface area contributed by atoms with Gasteiger partial charge in [-0.2, -0.15) is 0 Å². The maximum atomic E-state index is 13.7. The molecule has 36 heavy (non-hydrogen) atoms. The van der Waals surface area contributed by atoms with Crippen LogP contribution in [0.15, 0.2) is 55.1 Å². The molecule has 5 rings (SSSR count). The quantitative estimate of drug-likeness (QED) is 0.507. The summed E-state index contributed by atoms with van der Waals surface area (Å²) < 4.78 is 1.78. The Hall–Kier alpha value is -3.52. The van der Waals surface area contributed by atoms with E-state index >= 15 is 0 Å². The van der Waals surface area contributed by atoms with Crippen molar-refractivity contribution in [3.63, 3.8) is 0 Å². The van der Waals surface area contributed by atoms with Crippen LogP contribution in [0, 0.1) is 11.8 Å². The molecule has 1 saturated carbocycles. The summed E-state index contributed by atoms with van der Waals surface area (Å²) in [7, 11) is 1.85. The van der Waals surface area contributed by atoms with Crippen LogP contribution >= 0.6 is 11.6 Å². The fraction of sp³-hybridized carbons (Fsp3) is 0.370. The maximum absolute atomic E-state index is 13.7. The summed E-state index contributed by atoms with van der Waals surface area (Å²) in [6.45, 7) is 0.441. The van der Waals surface area contributed by atoms with Gasteiger partial charge in [0.1, 0.15) is 11.7 Å². The lowest BCUT2D eigenvalue weighted by Crippen LogP contribution is -2.49. The van der Waals surface area contributed by atoms with Crippen molar-refractivity contribution in [1.82, 2.24) is 19.4 Å². The predicted molar refractivity (Wildman–Crippen MR) is 136 cm³/mol. The average Bonchev–Trinajstić information content (AvgIpc) is 3.29. The highest BCUT2D eigenvalue weighted by molar-refractivity contribution is 6.31. The van der Waals surface area contributed by atoms with E-state index in [0.29, 0.717) is 34.9 Å². The molecule has 3 heterocycles. The Bertz CT molecular complexity index is 1280. The summed E-state index contributed by atoms with van der Waals surface area (Å²) in [6, 6.07) is 9.79. The Labute approximate surface area is 214 Å². The van der Waals surface area contributed by atoms with E-state index in [-0.39, 0.29) is 29.4 Å². The normalized spacial score (nSPS) is 22.1. The number of halogens is 1. The van der Waals surface area contributed by atoms with Gasteiger partial charge < -0.3 is 14.8 Å². The molecule has 1 unspecified atom stereocenters. The van der Waals surface area contributed by atoms with E-state index in [9.17, 15) is 14.4 Å². The Morgan fingerprint density at radius 2 is 1.92 bits per heavy atom. The summed E-state index contributed by atoms with van der Waals surface area (Å²) >= 11 is 6.15. The van der Waals surface area contributed by atoms with Gasteiger partial charge in [0.25, 0.3) is 5.91 Å². The number of imidazole rings is 1. The largest absolute Gasteiger partial charge is 0.340 e. The van der Waals surface area contributed by atoms with Gasteiger partial charge in [-0.25, -0.2) is 4.98 Å². The van der Waals surface area contributed by atoms with E-state index in [1.165, 1.54) is 0 Å². The van der Waals surface area contributed by atoms with E-state index < -0.39 is 6.04 Å². The maximum Gasteiger partial charge on any atom is 0.256 e. The first kappa shape index (κ1) is 24.2. The highest BCUT2D eigenvalue weighted by Crippen LogP contribution is 2.34. The topological polar surface area (TPSA) is 97.2 Å². The van der Waals surface area contributed by atoms with Crippen molar-refractivity contribution in [2.45, 2.75) is 38.1 Å². The van der Waals surface area contributed by atoms with Gasteiger partial charge >= 0.3 is 0 Å². The van der Waals surface area contributed by atoms with Gasteiger partial charge in [-0.1, -0.05) is 17.7 Å². The number of fused-ring (bicyclic) bond motifs is 1. The van der Waals surface area contributed by atoms with Crippen LogP contribution in [0.2, 0.25) is 5.02 Å². The van der Waals surface area contributed by atoms with E-state index in [4.69, 9.17) is 11.6 Å². The number of ketones is 1. The molecule has 3 aromatic rings. The molecule has 0 radical (unpaired) electrons. The minimum absolute atomic E-state index is 0.0635. The van der Waals surface area contributed by atoms with Crippen molar-refractivity contribution in [2.75, 3.05) is 11.9 Å². The molecule has 1 fully saturated rings. The monoisotopic (exact) mass is 505 g/mol. The second-order valence-corrected chi connectivity index (χ2v) is 10.1. The summed E-state index contributed by atoms with van der Waals surface area (Å²) in [6.07, 6.45) is 8.49. The number of anilines is 1. The van der Waals surface area contributed by atoms with Crippen LogP contribution in [-0.4, -0.2) is 49.6 Å². The molecule has 0 saturated heterocycles. The van der Waals surface area contributed by atoms with Gasteiger partial charge in [0.15, 0.2) is 5.78 Å². The third-order valence-electron chi connectivity index (χ3n) is 7.17. The van der Waals surface area contributed by atoms with Crippen molar-refractivity contribution in [1.29, 1.82) is 0 Å². The van der Waals surface area contributed by atoms with Crippen LogP contribution in [0.5, 0.6) is 0 Å². The molecule has 1 aliphatic carbocycles. The number of carbonyl (C=O) groups is 3. The number of Topliss-reactive ketones (excluding diaryl/α,β-unsaturated/α-hetero) is 1. The number of nitrogens with one attached hydrogen (secondary N) is 1. The van der Waals surface area contributed by atoms with E-state index in [1.807, 2.05) is 25.2 Å². The van der Waals surface area contributed by atoms with Crippen molar-refractivity contribution < 1.29 is 14.4 Å². The van der Waals surface area contributed by atoms with Crippen LogP contribution in [-0.2, 0) is 18.3 Å². The molecule has 2 aliphatic rings. The first-order valence-corrected chi connectivity index (χ1v) is 12.6. The van der Waals surface area contributed by atoms with Crippen molar-refractivity contribution in [2.24, 2.45) is 18.9 Å². The Morgan fingerprint density at radius 1 is 1.11 bits per heavy atom. The van der Waals surface area contributed by atoms with Crippen molar-refractivity contribution >= 4 is 34.9 Å². The average molecular weight is 506 g/mol. The number of benzene rings is 1. The molecule has 0 spiro atoms. The third-order valence-corrected chi connectivity index (χ3v) is 7.40. The molecule has 1 aliphatic heterocycles. The second kappa shape index (κ2) is 10.2. The highest BCUT2D eigenvalue weighted by atomic mass is 35.5. The van der Waals surface area contributed by atoms with Crippen LogP contribution in [0.4, 0.5) is 5.69 Å². The summed E-state index contributed by atoms with van der Waals surface area (Å²) in [5.74, 6) is -0.249. The molecule has 2 amide bonds. The van der Waals surface area contributed by atoms with Gasteiger partial charge in [0.2, 0.25) is 5.91 Å². The predicted octanol–water partition coefficient (Wildman–Crippen LogP) is 4.16. The summed E-state index contributed by atoms with van der Waals surface area (Å²) in [4.78, 5) is 50.2. The molecule has 1 aromatic carbocycles. The molecular weight excluding hydrogens is 478 g/mol. The lowest BCUT2D eigenvalue weighted by molar-refractivity contribution is -0.120. The Balaban J connectivity index is 1.35. The number of rotatable bonds is 6. The molecule has 8 nitrogen and oxygen atoms in total. The molecule has 1 atom stereocenters. The number of carbonyl (C=O) groups excluding carboxylic acids is 3. The molecular formula is C27H28ClN5O3. The Kier molecular flexibility index (Phi) is 6.87. The number of pyridine rings is 1. The zero-order chi connectivity index (χ0) is 25.2. The van der Waals surface area contributed by atoms with Crippen LogP contribution in [0.1, 0.15) is 52.2 Å². The minimum Gasteiger partial charge on any atom is -0.340 e. The summed E-state index contributed by atoms with van der Waals surface area (Å²) in [5, 5.41) is 3.36. The van der Waals surface area contributed by atoms with E-state index in [2.05, 4.69) is 15.3 Å². The number of hydrogen-bond donors (Lipinski definition) is 1. The number of aromatic nitrogens is 3. The van der Waals surface area contributed by atoms with Gasteiger partial charge in [-0.15, -0.1) is 0 Å². The smallest absolute Gasteiger partial charge is 0.256 e. The summed E-state index contributed by atoms with van der Waals surface area (Å²) in [5.41, 5.74) is 2.10. The van der Waals surface area contributed by atoms with E-state index in [1.54, 1.807) is 46.4 Å². The fourth-order valence-electron chi connectivity index (χ4n) is 5.22. The van der Waals surface area contributed by atoms with Crippen LogP contribution < -0.4 is 5.32 Å². The van der Waals surface area contributed by atoms with E-state index in [0.717, 1.165) is 31.4 Å². The van der Waals surface area contributed by atoms with Crippen molar-refractivity contribution in [3.05, 3.63) is 77.1 Å². The fourth-order valence-corrected chi connectivity index (χ4v) is 5.40. The lowest BCUT2D eigenvalue weighted by Gasteiger charge is -2.35. The molecule has 0 bridgehead atoms. The Morgan fingerprint density at radius 3 is 2.61 bits per heavy atom. The van der Waals surface area contributed by atoms with Gasteiger partial charge in [0.05, 0.1) is 17.6 Å². The van der Waals surface area contributed by atoms with Gasteiger partial charge in [-0.05, 0) is 61.9 Å². The standard InChI is InChI=1S/C27H28ClN5O3/c1-32-15-23(30-16-32)25(34)18-7-5-17(6-8-18)14-33-24(13-20-4-2-3-11-29-20)26(35)31-22-12-19(28)9-10-21(22)27(33)36/h2-4,9-12,15-18,24H,5-8,13-14H2,1H3,(H,31,35). The SMILES string of the molecule is Cn1cnc(C(=O)C2CCC(CN3C(=O)c4ccc(Cl)cc4NC(=O)C3Cc3ccccn3)CC2)c1. The third kappa shape index (κ3) is 5.04. The molecule has 1 N–H and O–H groups in total. The first-order chi connectivity index (χ1) is 17.4. The highest BCUT2D eigenvalue weighted by Gasteiger charge is 2.38. The molecule has 186 valence electrons. The van der Waals surface area contributed by atoms with Crippen LogP contribution in [0.25, 0.3) is 0 Å². The number of nitrogens with zero attached hydrogens (tertiary/aromatic N) is 4. The second-order valence-electron chi connectivity index (χ2n) is 9.68. The van der Waals surface area contributed by atoms with Crippen LogP contribution in [0.3, 0.4) is 0 Å². The van der Waals surface area contributed by atoms with Gasteiger partial charge in [-0.3, -0.25) is 19.4 Å². The van der Waals surface area contributed by atoms with Crippen molar-refractivity contribution in [3.8, 4) is 0 Å². The number of aryl methyl sites for hydroxylation is 1. The number of hydrogen-bond acceptors (Lipinski definition) is 5. The minimum atomic E-state index is -0.702. The first-order valence-electron chi connectivity index (χ1n) is 12.2. The zero-order valence-corrected chi connectivity index (χ0v) is 20.8. The molecule has 2 aromatic heterocycles. The zero-order valence-electron chi connectivity index (χ0n) is 20.1. The lowest BCUT2D eigenvalue weighted by atomic mass is 9.79.